The van der Waals surface area contributed by atoms with Crippen LogP contribution >= 0.6 is 11.6 Å². The minimum atomic E-state index is -4.66. The van der Waals surface area contributed by atoms with E-state index in [2.05, 4.69) is 10.1 Å². The average molecular weight is 518 g/mol. The number of ketones is 1. The van der Waals surface area contributed by atoms with E-state index in [1.54, 1.807) is 18.2 Å². The zero-order valence-electron chi connectivity index (χ0n) is 18.9. The van der Waals surface area contributed by atoms with Crippen LogP contribution in [0, 0.1) is 5.41 Å². The second-order valence-electron chi connectivity index (χ2n) is 10.5. The molecule has 2 atom stereocenters. The number of carbonyl (C=O) groups excluding carboxylic acids is 2. The zero-order chi connectivity index (χ0) is 25.0. The molecule has 1 heterocycles. The molecular formula is C24H27ClF3NO6. The summed E-state index contributed by atoms with van der Waals surface area (Å²) >= 11 is 5.99. The van der Waals surface area contributed by atoms with Crippen LogP contribution in [-0.4, -0.2) is 53.6 Å². The van der Waals surface area contributed by atoms with Crippen LogP contribution in [-0.2, 0) is 19.1 Å². The summed E-state index contributed by atoms with van der Waals surface area (Å²) in [6.45, 7) is -0.214. The molecule has 4 aliphatic carbocycles. The number of Topliss-reactive ketones (excluding diaryl/α,β-unsaturated/α-hetero) is 1. The third-order valence-corrected chi connectivity index (χ3v) is 7.95. The predicted molar refractivity (Wildman–Crippen MR) is 117 cm³/mol. The highest BCUT2D eigenvalue weighted by atomic mass is 35.5. The number of nitrogens with one attached hydrogen (secondary N) is 1. The third-order valence-electron chi connectivity index (χ3n) is 7.71. The highest BCUT2D eigenvalue weighted by molar-refractivity contribution is 6.30. The van der Waals surface area contributed by atoms with Gasteiger partial charge in [0.05, 0.1) is 18.3 Å². The van der Waals surface area contributed by atoms with Crippen LogP contribution in [0.1, 0.15) is 63.0 Å². The molecule has 1 aromatic carbocycles. The third kappa shape index (κ3) is 5.30. The van der Waals surface area contributed by atoms with Crippen molar-refractivity contribution < 1.29 is 42.1 Å². The number of ether oxygens (including phenoxy) is 3. The summed E-state index contributed by atoms with van der Waals surface area (Å²) in [5.74, 6) is 0.102. The number of hydrogen-bond donors (Lipinski definition) is 2. The maximum atomic E-state index is 13.0. The molecule has 35 heavy (non-hydrogen) atoms. The minimum Gasteiger partial charge on any atom is -0.482 e. The number of halogens is 4. The van der Waals surface area contributed by atoms with E-state index in [4.69, 9.17) is 21.1 Å². The van der Waals surface area contributed by atoms with E-state index in [1.165, 1.54) is 0 Å². The van der Waals surface area contributed by atoms with Crippen LogP contribution in [0.5, 0.6) is 5.75 Å². The van der Waals surface area contributed by atoms with Gasteiger partial charge in [0.1, 0.15) is 12.4 Å². The van der Waals surface area contributed by atoms with Crippen LogP contribution in [0.4, 0.5) is 13.2 Å². The normalized spacial score (nSPS) is 35.3. The largest absolute Gasteiger partial charge is 0.522 e. The molecule has 4 saturated carbocycles. The number of aliphatic hydroxyl groups is 1. The van der Waals surface area contributed by atoms with E-state index < -0.39 is 30.8 Å². The van der Waals surface area contributed by atoms with Crippen molar-refractivity contribution in [3.8, 4) is 5.75 Å². The van der Waals surface area contributed by atoms with Gasteiger partial charge in [0.15, 0.2) is 11.9 Å². The highest BCUT2D eigenvalue weighted by Gasteiger charge is 2.62. The van der Waals surface area contributed by atoms with Crippen LogP contribution in [0.25, 0.3) is 0 Å². The molecule has 0 spiro atoms. The Bertz CT molecular complexity index is 1010. The van der Waals surface area contributed by atoms with Gasteiger partial charge >= 0.3 is 6.36 Å². The van der Waals surface area contributed by atoms with Gasteiger partial charge in [-0.3, -0.25) is 14.3 Å². The lowest BCUT2D eigenvalue weighted by atomic mass is 9.62. The summed E-state index contributed by atoms with van der Waals surface area (Å²) in [4.78, 5) is 25.4. The molecule has 0 saturated heterocycles. The molecule has 2 N–H and O–H groups in total. The molecule has 1 amide bonds. The lowest BCUT2D eigenvalue weighted by molar-refractivity contribution is -0.357. The number of alkyl halides is 3. The second kappa shape index (κ2) is 8.90. The lowest BCUT2D eigenvalue weighted by Gasteiger charge is -2.48. The Morgan fingerprint density at radius 3 is 2.63 bits per heavy atom. The molecule has 192 valence electrons. The van der Waals surface area contributed by atoms with Crippen molar-refractivity contribution in [3.05, 3.63) is 28.8 Å². The summed E-state index contributed by atoms with van der Waals surface area (Å²) in [6.07, 6.45) is -3.88. The lowest BCUT2D eigenvalue weighted by Crippen LogP contribution is -2.57. The highest BCUT2D eigenvalue weighted by Crippen LogP contribution is 2.63. The molecule has 1 aromatic rings. The standard InChI is InChI=1S/C24H27ClF3NO6/c25-13-1-2-19-16(5-13)17(30)8-20(34-19)18(31)9-22-3-4-23(11-22,12-22)29-21(32)10-33-14-6-15(7-14)35-24(26,27)28/h1-2,5,14-15,17,20,30H,3-4,6-12H2,(H,29,32)/t14?,15?,17-,20-,22?,23?/m1/s1. The van der Waals surface area contributed by atoms with Crippen molar-refractivity contribution in [3.63, 3.8) is 0 Å². The van der Waals surface area contributed by atoms with Gasteiger partial charge in [-0.2, -0.15) is 0 Å². The number of hydrogen-bond acceptors (Lipinski definition) is 6. The summed E-state index contributed by atoms with van der Waals surface area (Å²) in [7, 11) is 0. The van der Waals surface area contributed by atoms with Gasteiger partial charge in [0.2, 0.25) is 5.91 Å². The summed E-state index contributed by atoms with van der Waals surface area (Å²) in [5.41, 5.74) is 0.0348. The molecule has 7 nitrogen and oxygen atoms in total. The molecule has 0 radical (unpaired) electrons. The van der Waals surface area contributed by atoms with Gasteiger partial charge in [-0.05, 0) is 49.3 Å². The van der Waals surface area contributed by atoms with Gasteiger partial charge in [-0.1, -0.05) is 11.6 Å². The van der Waals surface area contributed by atoms with Crippen LogP contribution < -0.4 is 10.1 Å². The van der Waals surface area contributed by atoms with E-state index in [0.29, 0.717) is 35.6 Å². The number of rotatable bonds is 8. The fourth-order valence-corrected chi connectivity index (χ4v) is 6.35. The Morgan fingerprint density at radius 1 is 1.17 bits per heavy atom. The first-order valence-electron chi connectivity index (χ1n) is 11.8. The molecule has 0 aromatic heterocycles. The maximum absolute atomic E-state index is 13.0. The fraction of sp³-hybridized carbons (Fsp3) is 0.667. The van der Waals surface area contributed by atoms with Crippen molar-refractivity contribution in [1.82, 2.24) is 5.32 Å². The van der Waals surface area contributed by atoms with Crippen molar-refractivity contribution in [2.45, 2.75) is 87.7 Å². The molecule has 5 aliphatic rings. The number of aliphatic hydroxyl groups excluding tert-OH is 1. The van der Waals surface area contributed by atoms with E-state index in [-0.39, 0.29) is 48.5 Å². The van der Waals surface area contributed by atoms with Crippen LogP contribution in [0.15, 0.2) is 18.2 Å². The van der Waals surface area contributed by atoms with Gasteiger partial charge < -0.3 is 19.9 Å². The van der Waals surface area contributed by atoms with E-state index in [9.17, 15) is 27.9 Å². The molecule has 1 aliphatic heterocycles. The topological polar surface area (TPSA) is 94.1 Å². The zero-order valence-corrected chi connectivity index (χ0v) is 19.7. The number of carbonyl (C=O) groups is 2. The second-order valence-corrected chi connectivity index (χ2v) is 10.9. The Hall–Kier alpha value is -1.88. The number of fused-ring (bicyclic) bond motifs is 2. The van der Waals surface area contributed by atoms with Crippen molar-refractivity contribution in [2.24, 2.45) is 5.41 Å². The molecular weight excluding hydrogens is 491 g/mol. The Labute approximate surface area is 205 Å². The molecule has 4 fully saturated rings. The predicted octanol–water partition coefficient (Wildman–Crippen LogP) is 4.00. The summed E-state index contributed by atoms with van der Waals surface area (Å²) < 4.78 is 51.7. The first-order chi connectivity index (χ1) is 16.4. The Morgan fingerprint density at radius 2 is 1.91 bits per heavy atom. The molecule has 0 unspecified atom stereocenters. The van der Waals surface area contributed by atoms with Crippen molar-refractivity contribution in [2.75, 3.05) is 6.61 Å². The van der Waals surface area contributed by atoms with Crippen LogP contribution in [0.3, 0.4) is 0 Å². The molecule has 6 rings (SSSR count). The van der Waals surface area contributed by atoms with Gasteiger partial charge in [-0.15, -0.1) is 13.2 Å². The quantitative estimate of drug-likeness (QED) is 0.541. The number of benzene rings is 1. The van der Waals surface area contributed by atoms with Crippen molar-refractivity contribution >= 4 is 23.3 Å². The first kappa shape index (κ1) is 24.8. The average Bonchev–Trinajstić information content (AvgIpc) is 3.23. The Kier molecular flexibility index (Phi) is 6.31. The van der Waals surface area contributed by atoms with Gasteiger partial charge in [0.25, 0.3) is 0 Å². The van der Waals surface area contributed by atoms with E-state index in [0.717, 1.165) is 12.8 Å². The van der Waals surface area contributed by atoms with Crippen molar-refractivity contribution in [1.29, 1.82) is 0 Å². The first-order valence-corrected chi connectivity index (χ1v) is 12.2. The van der Waals surface area contributed by atoms with Gasteiger partial charge in [0, 0.05) is 41.8 Å². The molecule has 11 heteroatoms. The summed E-state index contributed by atoms with van der Waals surface area (Å²) in [5, 5.41) is 13.9. The smallest absolute Gasteiger partial charge is 0.482 e. The number of amides is 1. The SMILES string of the molecule is O=C(COC1CC(OC(F)(F)F)C1)NC12CCC(CC(=O)[C@H]3C[C@@H](O)c4cc(Cl)ccc4O3)(C1)C2. The van der Waals surface area contributed by atoms with E-state index >= 15 is 0 Å². The Balaban J connectivity index is 1.06. The molecule has 2 bridgehead atoms. The minimum absolute atomic E-state index is 0.0598. The van der Waals surface area contributed by atoms with E-state index in [1.807, 2.05) is 0 Å². The summed E-state index contributed by atoms with van der Waals surface area (Å²) in [6, 6.07) is 4.96. The van der Waals surface area contributed by atoms with Crippen LogP contribution in [0.2, 0.25) is 5.02 Å². The monoisotopic (exact) mass is 517 g/mol. The van der Waals surface area contributed by atoms with Gasteiger partial charge in [-0.25, -0.2) is 0 Å². The maximum Gasteiger partial charge on any atom is 0.522 e. The fourth-order valence-electron chi connectivity index (χ4n) is 6.17.